The molecule has 2 atom stereocenters. The number of ether oxygens (including phenoxy) is 1. The van der Waals surface area contributed by atoms with Crippen LogP contribution in [-0.4, -0.2) is 29.8 Å². The van der Waals surface area contributed by atoms with Crippen molar-refractivity contribution in [1.82, 2.24) is 0 Å². The quantitative estimate of drug-likeness (QED) is 0.848. The van der Waals surface area contributed by atoms with Crippen LogP contribution >= 0.6 is 0 Å². The van der Waals surface area contributed by atoms with Crippen LogP contribution < -0.4 is 5.32 Å². The molecule has 1 aromatic rings. The smallest absolute Gasteiger partial charge is 0.337 e. The predicted octanol–water partition coefficient (Wildman–Crippen LogP) is 2.11. The van der Waals surface area contributed by atoms with E-state index in [2.05, 4.69) is 5.32 Å². The van der Waals surface area contributed by atoms with Crippen molar-refractivity contribution >= 4 is 11.7 Å². The average Bonchev–Trinajstić information content (AvgIpc) is 2.67. The number of aromatic carboxylic acids is 1. The van der Waals surface area contributed by atoms with Crippen LogP contribution in [-0.2, 0) is 4.74 Å². The third kappa shape index (κ3) is 2.55. The highest BCUT2D eigenvalue weighted by Crippen LogP contribution is 2.22. The second kappa shape index (κ2) is 4.71. The van der Waals surface area contributed by atoms with Crippen molar-refractivity contribution in [3.8, 4) is 0 Å². The number of hydrogen-bond acceptors (Lipinski definition) is 3. The topological polar surface area (TPSA) is 58.6 Å². The Morgan fingerprint density at radius 2 is 2.35 bits per heavy atom. The standard InChI is InChI=1S/C12H14FNO3/c1-7-10(4-5-17-7)14-11-3-2-8(13)6-9(11)12(15)16/h2-3,6-7,10,14H,4-5H2,1H3,(H,15,16). The van der Waals surface area contributed by atoms with Crippen LogP contribution in [0.1, 0.15) is 23.7 Å². The lowest BCUT2D eigenvalue weighted by molar-refractivity contribution is 0.0697. The monoisotopic (exact) mass is 239 g/mol. The van der Waals surface area contributed by atoms with Gasteiger partial charge in [-0.2, -0.15) is 0 Å². The van der Waals surface area contributed by atoms with Crippen molar-refractivity contribution in [1.29, 1.82) is 0 Å². The minimum Gasteiger partial charge on any atom is -0.478 e. The number of benzene rings is 1. The highest BCUT2D eigenvalue weighted by Gasteiger charge is 2.25. The van der Waals surface area contributed by atoms with Crippen LogP contribution in [0.5, 0.6) is 0 Å². The van der Waals surface area contributed by atoms with E-state index in [0.29, 0.717) is 12.3 Å². The van der Waals surface area contributed by atoms with E-state index in [4.69, 9.17) is 9.84 Å². The number of rotatable bonds is 3. The fourth-order valence-corrected chi connectivity index (χ4v) is 1.94. The molecule has 0 amide bonds. The van der Waals surface area contributed by atoms with Gasteiger partial charge in [-0.05, 0) is 31.5 Å². The van der Waals surface area contributed by atoms with Crippen molar-refractivity contribution < 1.29 is 19.0 Å². The molecule has 1 aliphatic heterocycles. The van der Waals surface area contributed by atoms with Gasteiger partial charge in [0.2, 0.25) is 0 Å². The van der Waals surface area contributed by atoms with Crippen molar-refractivity contribution in [3.05, 3.63) is 29.6 Å². The molecule has 1 aliphatic rings. The Labute approximate surface area is 98.4 Å². The molecule has 2 unspecified atom stereocenters. The summed E-state index contributed by atoms with van der Waals surface area (Å²) in [6.45, 7) is 2.58. The Balaban J connectivity index is 2.22. The molecule has 5 heteroatoms. The van der Waals surface area contributed by atoms with E-state index in [-0.39, 0.29) is 17.7 Å². The van der Waals surface area contributed by atoms with Crippen LogP contribution in [0.2, 0.25) is 0 Å². The normalized spacial score (nSPS) is 23.6. The molecule has 0 spiro atoms. The molecule has 0 aliphatic carbocycles. The van der Waals surface area contributed by atoms with E-state index in [9.17, 15) is 9.18 Å². The molecular weight excluding hydrogens is 225 g/mol. The number of carboxylic acid groups (broad SMARTS) is 1. The first-order valence-electron chi connectivity index (χ1n) is 5.49. The molecule has 1 aromatic carbocycles. The van der Waals surface area contributed by atoms with Gasteiger partial charge in [0.15, 0.2) is 0 Å². The Morgan fingerprint density at radius 1 is 1.59 bits per heavy atom. The van der Waals surface area contributed by atoms with E-state index >= 15 is 0 Å². The maximum absolute atomic E-state index is 13.0. The van der Waals surface area contributed by atoms with Crippen LogP contribution in [0.25, 0.3) is 0 Å². The van der Waals surface area contributed by atoms with E-state index in [0.717, 1.165) is 12.5 Å². The molecule has 0 radical (unpaired) electrons. The van der Waals surface area contributed by atoms with E-state index in [1.165, 1.54) is 12.1 Å². The maximum Gasteiger partial charge on any atom is 0.337 e. The summed E-state index contributed by atoms with van der Waals surface area (Å²) in [7, 11) is 0. The minimum absolute atomic E-state index is 0.0293. The van der Waals surface area contributed by atoms with Crippen molar-refractivity contribution in [2.45, 2.75) is 25.5 Å². The molecule has 1 heterocycles. The second-order valence-corrected chi connectivity index (χ2v) is 4.11. The SMILES string of the molecule is CC1OCCC1Nc1ccc(F)cc1C(=O)O. The number of carboxylic acids is 1. The van der Waals surface area contributed by atoms with Gasteiger partial charge in [-0.15, -0.1) is 0 Å². The molecule has 92 valence electrons. The lowest BCUT2D eigenvalue weighted by Crippen LogP contribution is -2.27. The Bertz CT molecular complexity index is 436. The number of halogens is 1. The van der Waals surface area contributed by atoms with Crippen LogP contribution in [0.15, 0.2) is 18.2 Å². The highest BCUT2D eigenvalue weighted by atomic mass is 19.1. The lowest BCUT2D eigenvalue weighted by Gasteiger charge is -2.18. The predicted molar refractivity (Wildman–Crippen MR) is 60.8 cm³/mol. The molecule has 0 saturated carbocycles. The second-order valence-electron chi connectivity index (χ2n) is 4.11. The molecule has 1 fully saturated rings. The zero-order valence-corrected chi connectivity index (χ0v) is 9.44. The van der Waals surface area contributed by atoms with Crippen LogP contribution in [0.3, 0.4) is 0 Å². The molecule has 0 bridgehead atoms. The maximum atomic E-state index is 13.0. The van der Waals surface area contributed by atoms with Gasteiger partial charge in [-0.25, -0.2) is 9.18 Å². The first kappa shape index (κ1) is 11.9. The first-order chi connectivity index (χ1) is 8.08. The molecule has 4 nitrogen and oxygen atoms in total. The summed E-state index contributed by atoms with van der Waals surface area (Å²) < 4.78 is 18.4. The highest BCUT2D eigenvalue weighted by molar-refractivity contribution is 5.94. The number of nitrogens with one attached hydrogen (secondary N) is 1. The van der Waals surface area contributed by atoms with Crippen LogP contribution in [0.4, 0.5) is 10.1 Å². The van der Waals surface area contributed by atoms with Gasteiger partial charge in [0.1, 0.15) is 5.82 Å². The Morgan fingerprint density at radius 3 is 2.94 bits per heavy atom. The Hall–Kier alpha value is -1.62. The van der Waals surface area contributed by atoms with Gasteiger partial charge in [-0.3, -0.25) is 0 Å². The minimum atomic E-state index is -1.14. The molecule has 1 saturated heterocycles. The summed E-state index contributed by atoms with van der Waals surface area (Å²) in [5, 5.41) is 12.1. The average molecular weight is 239 g/mol. The van der Waals surface area contributed by atoms with E-state index in [1.54, 1.807) is 0 Å². The summed E-state index contributed by atoms with van der Waals surface area (Å²) in [5.74, 6) is -1.69. The summed E-state index contributed by atoms with van der Waals surface area (Å²) >= 11 is 0. The van der Waals surface area contributed by atoms with E-state index < -0.39 is 11.8 Å². The third-order valence-electron chi connectivity index (χ3n) is 2.93. The molecule has 2 N–H and O–H groups in total. The van der Waals surface area contributed by atoms with Gasteiger partial charge < -0.3 is 15.2 Å². The van der Waals surface area contributed by atoms with Crippen molar-refractivity contribution in [2.75, 3.05) is 11.9 Å². The zero-order valence-electron chi connectivity index (χ0n) is 9.44. The molecular formula is C12H14FNO3. The van der Waals surface area contributed by atoms with Crippen molar-refractivity contribution in [2.24, 2.45) is 0 Å². The summed E-state index contributed by atoms with van der Waals surface area (Å²) in [5.41, 5.74) is 0.380. The fourth-order valence-electron chi connectivity index (χ4n) is 1.94. The Kier molecular flexibility index (Phi) is 3.28. The first-order valence-corrected chi connectivity index (χ1v) is 5.49. The number of carbonyl (C=O) groups is 1. The van der Waals surface area contributed by atoms with Gasteiger partial charge in [0.05, 0.1) is 17.7 Å². The van der Waals surface area contributed by atoms with Crippen LogP contribution in [0, 0.1) is 5.82 Å². The third-order valence-corrected chi connectivity index (χ3v) is 2.93. The van der Waals surface area contributed by atoms with Gasteiger partial charge in [0, 0.05) is 12.3 Å². The van der Waals surface area contributed by atoms with Gasteiger partial charge in [-0.1, -0.05) is 0 Å². The van der Waals surface area contributed by atoms with Gasteiger partial charge in [0.25, 0.3) is 0 Å². The largest absolute Gasteiger partial charge is 0.478 e. The summed E-state index contributed by atoms with van der Waals surface area (Å²) in [6, 6.07) is 3.78. The molecule has 0 aromatic heterocycles. The summed E-state index contributed by atoms with van der Waals surface area (Å²) in [4.78, 5) is 11.0. The zero-order chi connectivity index (χ0) is 12.4. The lowest BCUT2D eigenvalue weighted by atomic mass is 10.1. The molecule has 2 rings (SSSR count). The number of hydrogen-bond donors (Lipinski definition) is 2. The van der Waals surface area contributed by atoms with Gasteiger partial charge >= 0.3 is 5.97 Å². The fraction of sp³-hybridized carbons (Fsp3) is 0.417. The van der Waals surface area contributed by atoms with Crippen molar-refractivity contribution in [3.63, 3.8) is 0 Å². The molecule has 17 heavy (non-hydrogen) atoms. The summed E-state index contributed by atoms with van der Waals surface area (Å²) in [6.07, 6.45) is 0.846. The number of anilines is 1. The van der Waals surface area contributed by atoms with E-state index in [1.807, 2.05) is 6.92 Å².